The van der Waals surface area contributed by atoms with Gasteiger partial charge in [-0.2, -0.15) is 4.31 Å². The van der Waals surface area contributed by atoms with Crippen molar-refractivity contribution in [1.82, 2.24) is 9.29 Å². The molecule has 2 heterocycles. The Morgan fingerprint density at radius 3 is 2.32 bits per heavy atom. The minimum atomic E-state index is -3.45. The Bertz CT molecular complexity index is 1100. The largest absolute Gasteiger partial charge is 0.494 e. The van der Waals surface area contributed by atoms with Gasteiger partial charge in [0.1, 0.15) is 5.75 Å². The van der Waals surface area contributed by atoms with Crippen molar-refractivity contribution >= 4 is 26.5 Å². The highest BCUT2D eigenvalue weighted by atomic mass is 32.2. The first-order valence-electron chi connectivity index (χ1n) is 10.4. The van der Waals surface area contributed by atoms with Crippen LogP contribution >= 0.6 is 11.3 Å². The van der Waals surface area contributed by atoms with Crippen molar-refractivity contribution in [2.45, 2.75) is 25.2 Å². The molecule has 0 spiro atoms. The molecule has 1 fully saturated rings. The van der Waals surface area contributed by atoms with Crippen molar-refractivity contribution in [1.29, 1.82) is 0 Å². The molecule has 0 aliphatic carbocycles. The van der Waals surface area contributed by atoms with E-state index in [0.29, 0.717) is 37.7 Å². The average Bonchev–Trinajstić information content (AvgIpc) is 3.24. The molecule has 6 nitrogen and oxygen atoms in total. The molecule has 8 heteroatoms. The SMILES string of the molecule is CCOc1ccc(Cc2csc(N3CCN(S(=O)(=O)c4ccc(C)cc4)CC3)n2)cc1. The Balaban J connectivity index is 1.36. The molecule has 3 aromatic rings. The first-order chi connectivity index (χ1) is 15.0. The minimum absolute atomic E-state index is 0.360. The Kier molecular flexibility index (Phi) is 6.60. The van der Waals surface area contributed by atoms with Crippen molar-refractivity contribution in [2.75, 3.05) is 37.7 Å². The molecule has 0 radical (unpaired) electrons. The van der Waals surface area contributed by atoms with Crippen LogP contribution in [0.15, 0.2) is 58.8 Å². The molecule has 0 saturated carbocycles. The fourth-order valence-corrected chi connectivity index (χ4v) is 5.88. The van der Waals surface area contributed by atoms with Crippen molar-refractivity contribution < 1.29 is 13.2 Å². The smallest absolute Gasteiger partial charge is 0.243 e. The van der Waals surface area contributed by atoms with Gasteiger partial charge < -0.3 is 9.64 Å². The topological polar surface area (TPSA) is 62.7 Å². The molecule has 1 aliphatic rings. The van der Waals surface area contributed by atoms with Crippen LogP contribution in [0, 0.1) is 6.92 Å². The van der Waals surface area contributed by atoms with E-state index in [4.69, 9.17) is 9.72 Å². The number of hydrogen-bond acceptors (Lipinski definition) is 6. The number of ether oxygens (including phenoxy) is 1. The number of benzene rings is 2. The van der Waals surface area contributed by atoms with E-state index in [1.165, 1.54) is 5.56 Å². The molecule has 0 unspecified atom stereocenters. The number of rotatable bonds is 7. The molecule has 0 N–H and O–H groups in total. The molecule has 31 heavy (non-hydrogen) atoms. The van der Waals surface area contributed by atoms with Gasteiger partial charge in [-0.3, -0.25) is 0 Å². The average molecular weight is 458 g/mol. The highest BCUT2D eigenvalue weighted by Crippen LogP contribution is 2.26. The van der Waals surface area contributed by atoms with Gasteiger partial charge in [0.2, 0.25) is 10.0 Å². The lowest BCUT2D eigenvalue weighted by molar-refractivity contribution is 0.340. The maximum Gasteiger partial charge on any atom is 0.243 e. The van der Waals surface area contributed by atoms with E-state index in [1.54, 1.807) is 27.8 Å². The molecule has 0 amide bonds. The summed E-state index contributed by atoms with van der Waals surface area (Å²) in [4.78, 5) is 7.32. The normalized spacial score (nSPS) is 15.2. The lowest BCUT2D eigenvalue weighted by atomic mass is 10.1. The van der Waals surface area contributed by atoms with Crippen LogP contribution in [0.3, 0.4) is 0 Å². The second-order valence-corrected chi connectivity index (χ2v) is 10.4. The standard InChI is InChI=1S/C23H27N3O3S2/c1-3-29-21-8-6-19(7-9-21)16-20-17-30-23(24-20)25-12-14-26(15-13-25)31(27,28)22-10-4-18(2)5-11-22/h4-11,17H,3,12-16H2,1-2H3. The summed E-state index contributed by atoms with van der Waals surface area (Å²) in [6.07, 6.45) is 0.769. The summed E-state index contributed by atoms with van der Waals surface area (Å²) >= 11 is 1.62. The van der Waals surface area contributed by atoms with Crippen molar-refractivity contribution in [3.63, 3.8) is 0 Å². The van der Waals surface area contributed by atoms with E-state index in [1.807, 2.05) is 38.1 Å². The fraction of sp³-hybridized carbons (Fsp3) is 0.348. The molecule has 4 rings (SSSR count). The Morgan fingerprint density at radius 1 is 1.00 bits per heavy atom. The highest BCUT2D eigenvalue weighted by Gasteiger charge is 2.29. The van der Waals surface area contributed by atoms with Gasteiger partial charge in [0.15, 0.2) is 5.13 Å². The van der Waals surface area contributed by atoms with Gasteiger partial charge in [-0.1, -0.05) is 29.8 Å². The number of piperazine rings is 1. The molecule has 164 valence electrons. The second kappa shape index (κ2) is 9.38. The van der Waals surface area contributed by atoms with E-state index in [-0.39, 0.29) is 0 Å². The van der Waals surface area contributed by atoms with Crippen LogP contribution in [0.1, 0.15) is 23.7 Å². The summed E-state index contributed by atoms with van der Waals surface area (Å²) in [5, 5.41) is 3.04. The Morgan fingerprint density at radius 2 is 1.68 bits per heavy atom. The fourth-order valence-electron chi connectivity index (χ4n) is 3.58. The van der Waals surface area contributed by atoms with Crippen LogP contribution in [0.5, 0.6) is 5.75 Å². The van der Waals surface area contributed by atoms with Crippen LogP contribution in [-0.2, 0) is 16.4 Å². The van der Waals surface area contributed by atoms with Crippen molar-refractivity contribution in [3.05, 3.63) is 70.7 Å². The zero-order chi connectivity index (χ0) is 21.8. The quantitative estimate of drug-likeness (QED) is 0.538. The summed E-state index contributed by atoms with van der Waals surface area (Å²) in [6, 6.07) is 15.2. The van der Waals surface area contributed by atoms with E-state index >= 15 is 0 Å². The van der Waals surface area contributed by atoms with E-state index in [0.717, 1.165) is 28.6 Å². The monoisotopic (exact) mass is 457 g/mol. The second-order valence-electron chi connectivity index (χ2n) is 7.58. The predicted molar refractivity (Wildman–Crippen MR) is 125 cm³/mol. The lowest BCUT2D eigenvalue weighted by Gasteiger charge is -2.33. The van der Waals surface area contributed by atoms with E-state index < -0.39 is 10.0 Å². The minimum Gasteiger partial charge on any atom is -0.494 e. The molecule has 1 saturated heterocycles. The number of hydrogen-bond donors (Lipinski definition) is 0. The number of anilines is 1. The third kappa shape index (κ3) is 5.08. The zero-order valence-corrected chi connectivity index (χ0v) is 19.5. The van der Waals surface area contributed by atoms with Gasteiger partial charge in [-0.15, -0.1) is 11.3 Å². The van der Waals surface area contributed by atoms with Gasteiger partial charge in [-0.05, 0) is 43.7 Å². The molecule has 2 aromatic carbocycles. The number of sulfonamides is 1. The summed E-state index contributed by atoms with van der Waals surface area (Å²) < 4.78 is 32.9. The first kappa shape index (κ1) is 21.8. The highest BCUT2D eigenvalue weighted by molar-refractivity contribution is 7.89. The van der Waals surface area contributed by atoms with E-state index in [2.05, 4.69) is 22.4 Å². The van der Waals surface area contributed by atoms with E-state index in [9.17, 15) is 8.42 Å². The van der Waals surface area contributed by atoms with Crippen LogP contribution in [0.2, 0.25) is 0 Å². The summed E-state index contributed by atoms with van der Waals surface area (Å²) in [5.41, 5.74) is 3.27. The number of aryl methyl sites for hydroxylation is 1. The third-order valence-electron chi connectivity index (χ3n) is 5.33. The van der Waals surface area contributed by atoms with Crippen LogP contribution in [-0.4, -0.2) is 50.5 Å². The van der Waals surface area contributed by atoms with Crippen molar-refractivity contribution in [2.24, 2.45) is 0 Å². The van der Waals surface area contributed by atoms with Gasteiger partial charge >= 0.3 is 0 Å². The molecular formula is C23H27N3O3S2. The zero-order valence-electron chi connectivity index (χ0n) is 17.8. The molecule has 0 atom stereocenters. The Labute approximate surface area is 188 Å². The Hall–Kier alpha value is -2.42. The molecule has 0 bridgehead atoms. The molecule has 1 aromatic heterocycles. The van der Waals surface area contributed by atoms with Gasteiger partial charge in [0.05, 0.1) is 17.2 Å². The maximum atomic E-state index is 12.9. The number of nitrogens with zero attached hydrogens (tertiary/aromatic N) is 3. The van der Waals surface area contributed by atoms with Crippen molar-refractivity contribution in [3.8, 4) is 5.75 Å². The summed E-state index contributed by atoms with van der Waals surface area (Å²) in [7, 11) is -3.45. The van der Waals surface area contributed by atoms with Crippen LogP contribution in [0.4, 0.5) is 5.13 Å². The first-order valence-corrected chi connectivity index (χ1v) is 12.8. The van der Waals surface area contributed by atoms with Gasteiger partial charge in [-0.25, -0.2) is 13.4 Å². The van der Waals surface area contributed by atoms with Gasteiger partial charge in [0, 0.05) is 38.0 Å². The molecular weight excluding hydrogens is 430 g/mol. The maximum absolute atomic E-state index is 12.9. The van der Waals surface area contributed by atoms with Crippen LogP contribution in [0.25, 0.3) is 0 Å². The van der Waals surface area contributed by atoms with Crippen LogP contribution < -0.4 is 9.64 Å². The summed E-state index contributed by atoms with van der Waals surface area (Å²) in [6.45, 7) is 6.79. The summed E-state index contributed by atoms with van der Waals surface area (Å²) in [5.74, 6) is 0.878. The third-order valence-corrected chi connectivity index (χ3v) is 8.19. The number of thiazole rings is 1. The molecule has 1 aliphatic heterocycles. The lowest BCUT2D eigenvalue weighted by Crippen LogP contribution is -2.48. The predicted octanol–water partition coefficient (Wildman–Crippen LogP) is 3.95. The number of aromatic nitrogens is 1. The van der Waals surface area contributed by atoms with Gasteiger partial charge in [0.25, 0.3) is 0 Å².